The summed E-state index contributed by atoms with van der Waals surface area (Å²) in [5, 5.41) is 10.7. The average Bonchev–Trinajstić information content (AvgIpc) is 2.92. The molecule has 1 atom stereocenters. The molecule has 3 rings (SSSR count). The zero-order valence-electron chi connectivity index (χ0n) is 10.2. The highest BCUT2D eigenvalue weighted by atomic mass is 19.4. The highest BCUT2D eigenvalue weighted by Crippen LogP contribution is 2.28. The molecule has 0 aliphatic carbocycles. The van der Waals surface area contributed by atoms with Crippen LogP contribution in [-0.2, 0) is 6.18 Å². The Morgan fingerprint density at radius 3 is 2.68 bits per heavy atom. The molecule has 5 nitrogen and oxygen atoms in total. The first kappa shape index (κ1) is 12.2. The van der Waals surface area contributed by atoms with E-state index < -0.39 is 12.0 Å². The fourth-order valence-electron chi connectivity index (χ4n) is 2.27. The number of alkyl halides is 3. The van der Waals surface area contributed by atoms with E-state index in [1.54, 1.807) is 6.07 Å². The van der Waals surface area contributed by atoms with Crippen molar-refractivity contribution in [3.8, 4) is 0 Å². The van der Waals surface area contributed by atoms with Gasteiger partial charge in [-0.3, -0.25) is 0 Å². The van der Waals surface area contributed by atoms with Crippen molar-refractivity contribution in [3.05, 3.63) is 18.0 Å². The molecule has 0 saturated carbocycles. The molecule has 1 fully saturated rings. The lowest BCUT2D eigenvalue weighted by molar-refractivity contribution is -0.146. The van der Waals surface area contributed by atoms with Crippen molar-refractivity contribution in [2.45, 2.75) is 19.5 Å². The number of anilines is 1. The lowest BCUT2D eigenvalue weighted by Crippen LogP contribution is -2.22. The number of hydrogen-bond donors (Lipinski definition) is 0. The molecule has 102 valence electrons. The van der Waals surface area contributed by atoms with Crippen LogP contribution in [0.3, 0.4) is 0 Å². The van der Waals surface area contributed by atoms with Crippen molar-refractivity contribution in [1.29, 1.82) is 0 Å². The van der Waals surface area contributed by atoms with E-state index >= 15 is 0 Å². The van der Waals surface area contributed by atoms with Gasteiger partial charge in [-0.05, 0) is 24.5 Å². The van der Waals surface area contributed by atoms with Crippen LogP contribution in [0, 0.1) is 5.92 Å². The molecule has 1 saturated heterocycles. The van der Waals surface area contributed by atoms with Crippen LogP contribution in [0.15, 0.2) is 12.1 Å². The van der Waals surface area contributed by atoms with Crippen LogP contribution in [0.5, 0.6) is 0 Å². The van der Waals surface area contributed by atoms with Crippen LogP contribution in [0.2, 0.25) is 0 Å². The van der Waals surface area contributed by atoms with Crippen molar-refractivity contribution >= 4 is 11.5 Å². The van der Waals surface area contributed by atoms with Crippen LogP contribution in [0.1, 0.15) is 19.2 Å². The minimum Gasteiger partial charge on any atom is -0.355 e. The van der Waals surface area contributed by atoms with Crippen molar-refractivity contribution < 1.29 is 13.2 Å². The maximum Gasteiger partial charge on any atom is 0.453 e. The summed E-state index contributed by atoms with van der Waals surface area (Å²) in [7, 11) is 0. The molecular formula is C11H12F3N5. The van der Waals surface area contributed by atoms with Gasteiger partial charge in [-0.15, -0.1) is 15.3 Å². The predicted molar refractivity (Wildman–Crippen MR) is 61.8 cm³/mol. The van der Waals surface area contributed by atoms with Gasteiger partial charge >= 0.3 is 6.18 Å². The van der Waals surface area contributed by atoms with Gasteiger partial charge < -0.3 is 4.90 Å². The lowest BCUT2D eigenvalue weighted by Gasteiger charge is -2.16. The van der Waals surface area contributed by atoms with Crippen LogP contribution in [0.4, 0.5) is 19.0 Å². The van der Waals surface area contributed by atoms with Gasteiger partial charge in [-0.1, -0.05) is 6.92 Å². The minimum absolute atomic E-state index is 0.100. The van der Waals surface area contributed by atoms with E-state index in [0.717, 1.165) is 24.0 Å². The molecule has 19 heavy (non-hydrogen) atoms. The van der Waals surface area contributed by atoms with Gasteiger partial charge in [-0.2, -0.15) is 17.7 Å². The number of fused-ring (bicyclic) bond motifs is 1. The van der Waals surface area contributed by atoms with E-state index in [1.165, 1.54) is 6.07 Å². The standard InChI is InChI=1S/C11H12F3N5/c1-7-4-5-18(6-7)9-3-2-8-15-16-10(11(12,13)14)19(8)17-9/h2-3,7H,4-6H2,1H3/t7-/m0/s1. The first-order chi connectivity index (χ1) is 8.95. The molecule has 8 heteroatoms. The Morgan fingerprint density at radius 1 is 1.26 bits per heavy atom. The van der Waals surface area contributed by atoms with E-state index in [4.69, 9.17) is 0 Å². The number of rotatable bonds is 1. The summed E-state index contributed by atoms with van der Waals surface area (Å²) in [6, 6.07) is 3.19. The molecule has 0 amide bonds. The Bertz CT molecular complexity index is 606. The van der Waals surface area contributed by atoms with Gasteiger partial charge in [0.05, 0.1) is 0 Å². The zero-order chi connectivity index (χ0) is 13.6. The molecule has 0 N–H and O–H groups in total. The van der Waals surface area contributed by atoms with Crippen LogP contribution >= 0.6 is 0 Å². The maximum atomic E-state index is 12.7. The SMILES string of the molecule is C[C@H]1CCN(c2ccc3nnc(C(F)(F)F)n3n2)C1. The number of hydrogen-bond acceptors (Lipinski definition) is 4. The molecule has 0 aromatic carbocycles. The van der Waals surface area contributed by atoms with Crippen LogP contribution in [-0.4, -0.2) is 32.9 Å². The van der Waals surface area contributed by atoms with Gasteiger partial charge in [0, 0.05) is 13.1 Å². The maximum absolute atomic E-state index is 12.7. The Balaban J connectivity index is 2.04. The molecule has 0 bridgehead atoms. The summed E-state index contributed by atoms with van der Waals surface area (Å²) in [5.74, 6) is -0.0285. The summed E-state index contributed by atoms with van der Waals surface area (Å²) in [5.41, 5.74) is 0.100. The summed E-state index contributed by atoms with van der Waals surface area (Å²) in [4.78, 5) is 1.98. The largest absolute Gasteiger partial charge is 0.453 e. The third-order valence-corrected chi connectivity index (χ3v) is 3.25. The lowest BCUT2D eigenvalue weighted by atomic mass is 10.2. The summed E-state index contributed by atoms with van der Waals surface area (Å²) in [6.07, 6.45) is -3.53. The van der Waals surface area contributed by atoms with E-state index in [9.17, 15) is 13.2 Å². The van der Waals surface area contributed by atoms with Crippen LogP contribution in [0.25, 0.3) is 5.65 Å². The average molecular weight is 271 g/mol. The Kier molecular flexibility index (Phi) is 2.61. The molecule has 3 heterocycles. The molecule has 2 aromatic heterocycles. The zero-order valence-corrected chi connectivity index (χ0v) is 10.2. The second-order valence-corrected chi connectivity index (χ2v) is 4.82. The van der Waals surface area contributed by atoms with E-state index in [-0.39, 0.29) is 5.65 Å². The summed E-state index contributed by atoms with van der Waals surface area (Å²) in [6.45, 7) is 3.73. The Labute approximate surface area is 107 Å². The van der Waals surface area contributed by atoms with E-state index in [1.807, 2.05) is 4.90 Å². The van der Waals surface area contributed by atoms with Gasteiger partial charge in [0.15, 0.2) is 5.65 Å². The molecule has 2 aromatic rings. The Hall–Kier alpha value is -1.86. The molecule has 0 unspecified atom stereocenters. The van der Waals surface area contributed by atoms with Gasteiger partial charge in [-0.25, -0.2) is 0 Å². The number of aromatic nitrogens is 4. The Morgan fingerprint density at radius 2 is 2.05 bits per heavy atom. The predicted octanol–water partition coefficient (Wildman–Crippen LogP) is 1.99. The third kappa shape index (κ3) is 2.11. The number of halogens is 3. The molecule has 1 aliphatic rings. The van der Waals surface area contributed by atoms with E-state index in [0.29, 0.717) is 11.7 Å². The first-order valence-electron chi connectivity index (χ1n) is 6.00. The van der Waals surface area contributed by atoms with Crippen molar-refractivity contribution in [2.24, 2.45) is 5.92 Å². The molecule has 0 radical (unpaired) electrons. The van der Waals surface area contributed by atoms with Gasteiger partial charge in [0.2, 0.25) is 0 Å². The first-order valence-corrected chi connectivity index (χ1v) is 6.00. The summed E-state index contributed by atoms with van der Waals surface area (Å²) >= 11 is 0. The van der Waals surface area contributed by atoms with E-state index in [2.05, 4.69) is 22.2 Å². The normalized spacial score (nSPS) is 20.4. The van der Waals surface area contributed by atoms with Crippen molar-refractivity contribution in [1.82, 2.24) is 19.8 Å². The smallest absolute Gasteiger partial charge is 0.355 e. The topological polar surface area (TPSA) is 46.3 Å². The highest BCUT2D eigenvalue weighted by Gasteiger charge is 2.37. The quantitative estimate of drug-likeness (QED) is 0.795. The number of nitrogens with zero attached hydrogens (tertiary/aromatic N) is 5. The highest BCUT2D eigenvalue weighted by molar-refractivity contribution is 5.46. The second-order valence-electron chi connectivity index (χ2n) is 4.82. The fraction of sp³-hybridized carbons (Fsp3) is 0.545. The van der Waals surface area contributed by atoms with Crippen LogP contribution < -0.4 is 4.90 Å². The fourth-order valence-corrected chi connectivity index (χ4v) is 2.27. The van der Waals surface area contributed by atoms with Crippen molar-refractivity contribution in [3.63, 3.8) is 0 Å². The second kappa shape index (κ2) is 4.07. The molecule has 1 aliphatic heterocycles. The van der Waals surface area contributed by atoms with Gasteiger partial charge in [0.25, 0.3) is 5.82 Å². The third-order valence-electron chi connectivity index (χ3n) is 3.25. The molecular weight excluding hydrogens is 259 g/mol. The minimum atomic E-state index is -4.55. The summed E-state index contributed by atoms with van der Waals surface area (Å²) < 4.78 is 39.0. The molecule has 0 spiro atoms. The van der Waals surface area contributed by atoms with Crippen molar-refractivity contribution in [2.75, 3.05) is 18.0 Å². The monoisotopic (exact) mass is 271 g/mol. The van der Waals surface area contributed by atoms with Gasteiger partial charge in [0.1, 0.15) is 5.82 Å².